The van der Waals surface area contributed by atoms with Crippen LogP contribution in [0.1, 0.15) is 44.6 Å². The third kappa shape index (κ3) is 3.41. The first kappa shape index (κ1) is 16.0. The molecule has 0 saturated heterocycles. The Morgan fingerprint density at radius 3 is 2.17 bits per heavy atom. The maximum atomic E-state index is 12.5. The van der Waals surface area contributed by atoms with Crippen LogP contribution in [0.15, 0.2) is 30.3 Å². The lowest BCUT2D eigenvalue weighted by atomic mass is 9.67. The lowest BCUT2D eigenvalue weighted by Gasteiger charge is -2.38. The second-order valence-electron chi connectivity index (χ2n) is 6.82. The lowest BCUT2D eigenvalue weighted by molar-refractivity contribution is -0.159. The summed E-state index contributed by atoms with van der Waals surface area (Å²) in [4.78, 5) is 24.8. The Balaban J connectivity index is 1.65. The molecule has 2 unspecified atom stereocenters. The van der Waals surface area contributed by atoms with Gasteiger partial charge in [-0.1, -0.05) is 36.8 Å². The molecule has 0 bridgehead atoms. The van der Waals surface area contributed by atoms with Crippen LogP contribution in [0.3, 0.4) is 0 Å². The van der Waals surface area contributed by atoms with Crippen LogP contribution in [0, 0.1) is 17.3 Å². The Hall–Kier alpha value is -1.84. The van der Waals surface area contributed by atoms with Crippen LogP contribution in [0.5, 0.6) is 0 Å². The largest absolute Gasteiger partial charge is 0.466 e. The summed E-state index contributed by atoms with van der Waals surface area (Å²) in [5.41, 5.74) is 1.14. The second kappa shape index (κ2) is 6.73. The van der Waals surface area contributed by atoms with Crippen molar-refractivity contribution in [3.8, 4) is 0 Å². The summed E-state index contributed by atoms with van der Waals surface area (Å²) in [5, 5.41) is 0. The minimum absolute atomic E-state index is 0.174. The zero-order valence-electron chi connectivity index (χ0n) is 13.6. The fourth-order valence-electron chi connectivity index (χ4n) is 3.97. The molecule has 1 aromatic rings. The standard InChI is InChI=1S/C19H24O4/c1-2-22-17(20)15-11-19(9-6-10-19)12-16(15)18(21)23-13-14-7-4-3-5-8-14/h3-5,7-8,15-16H,2,6,9-13H2,1H3. The van der Waals surface area contributed by atoms with Gasteiger partial charge in [0.2, 0.25) is 0 Å². The van der Waals surface area contributed by atoms with Crippen LogP contribution >= 0.6 is 0 Å². The number of esters is 2. The zero-order chi connectivity index (χ0) is 16.3. The van der Waals surface area contributed by atoms with Crippen molar-refractivity contribution in [2.24, 2.45) is 17.3 Å². The molecule has 4 heteroatoms. The number of hydrogen-bond acceptors (Lipinski definition) is 4. The Bertz CT molecular complexity index is 562. The van der Waals surface area contributed by atoms with Gasteiger partial charge >= 0.3 is 11.9 Å². The average Bonchev–Trinajstić information content (AvgIpc) is 2.95. The summed E-state index contributed by atoms with van der Waals surface area (Å²) < 4.78 is 10.7. The first-order valence-electron chi connectivity index (χ1n) is 8.51. The van der Waals surface area contributed by atoms with Gasteiger partial charge in [0, 0.05) is 0 Å². The van der Waals surface area contributed by atoms with Crippen molar-refractivity contribution < 1.29 is 19.1 Å². The third-order valence-corrected chi connectivity index (χ3v) is 5.32. The predicted molar refractivity (Wildman–Crippen MR) is 85.4 cm³/mol. The summed E-state index contributed by atoms with van der Waals surface area (Å²) in [6.45, 7) is 2.42. The fraction of sp³-hybridized carbons (Fsp3) is 0.579. The van der Waals surface area contributed by atoms with Crippen molar-refractivity contribution in [2.45, 2.75) is 45.6 Å². The number of carbonyl (C=O) groups excluding carboxylic acids is 2. The molecular weight excluding hydrogens is 292 g/mol. The average molecular weight is 316 g/mol. The quantitative estimate of drug-likeness (QED) is 0.780. The summed E-state index contributed by atoms with van der Waals surface area (Å²) in [5.74, 6) is -1.18. The first-order valence-corrected chi connectivity index (χ1v) is 8.51. The van der Waals surface area contributed by atoms with E-state index >= 15 is 0 Å². The van der Waals surface area contributed by atoms with E-state index in [0.717, 1.165) is 31.2 Å². The molecule has 23 heavy (non-hydrogen) atoms. The molecule has 2 aliphatic rings. The Morgan fingerprint density at radius 1 is 1.04 bits per heavy atom. The fourth-order valence-corrected chi connectivity index (χ4v) is 3.97. The van der Waals surface area contributed by atoms with Crippen molar-refractivity contribution in [1.29, 1.82) is 0 Å². The van der Waals surface area contributed by atoms with E-state index < -0.39 is 0 Å². The van der Waals surface area contributed by atoms with Gasteiger partial charge in [-0.25, -0.2) is 0 Å². The van der Waals surface area contributed by atoms with Crippen LogP contribution in [0.4, 0.5) is 0 Å². The van der Waals surface area contributed by atoms with Gasteiger partial charge in [0.1, 0.15) is 6.61 Å². The number of ether oxygens (including phenoxy) is 2. The summed E-state index contributed by atoms with van der Waals surface area (Å²) >= 11 is 0. The summed E-state index contributed by atoms with van der Waals surface area (Å²) in [6, 6.07) is 9.63. The van der Waals surface area contributed by atoms with Crippen LogP contribution in [0.2, 0.25) is 0 Å². The third-order valence-electron chi connectivity index (χ3n) is 5.32. The molecule has 0 N–H and O–H groups in total. The van der Waals surface area contributed by atoms with Crippen molar-refractivity contribution in [3.05, 3.63) is 35.9 Å². The van der Waals surface area contributed by atoms with Crippen molar-refractivity contribution in [2.75, 3.05) is 6.61 Å². The zero-order valence-corrected chi connectivity index (χ0v) is 13.6. The number of hydrogen-bond donors (Lipinski definition) is 0. The Labute approximate surface area is 137 Å². The number of carbonyl (C=O) groups is 2. The van der Waals surface area contributed by atoms with Crippen LogP contribution in [-0.4, -0.2) is 18.5 Å². The van der Waals surface area contributed by atoms with E-state index in [1.807, 2.05) is 30.3 Å². The molecule has 3 rings (SSSR count). The molecule has 1 aromatic carbocycles. The van der Waals surface area contributed by atoms with Gasteiger partial charge in [0.15, 0.2) is 0 Å². The molecule has 0 amide bonds. The van der Waals surface area contributed by atoms with Gasteiger partial charge in [0.05, 0.1) is 18.4 Å². The monoisotopic (exact) mass is 316 g/mol. The van der Waals surface area contributed by atoms with E-state index in [2.05, 4.69) is 0 Å². The highest BCUT2D eigenvalue weighted by molar-refractivity contribution is 5.83. The number of benzene rings is 1. The van der Waals surface area contributed by atoms with Crippen LogP contribution in [-0.2, 0) is 25.7 Å². The molecule has 0 heterocycles. The molecule has 1 spiro atoms. The molecule has 4 nitrogen and oxygen atoms in total. The molecular formula is C19H24O4. The van der Waals surface area contributed by atoms with E-state index in [1.54, 1.807) is 6.92 Å². The van der Waals surface area contributed by atoms with Gasteiger partial charge in [0.25, 0.3) is 0 Å². The van der Waals surface area contributed by atoms with Gasteiger partial charge in [-0.3, -0.25) is 9.59 Å². The summed E-state index contributed by atoms with van der Waals surface area (Å²) in [6.07, 6.45) is 4.97. The van der Waals surface area contributed by atoms with Crippen molar-refractivity contribution >= 4 is 11.9 Å². The maximum Gasteiger partial charge on any atom is 0.310 e. The van der Waals surface area contributed by atoms with E-state index in [0.29, 0.717) is 6.61 Å². The summed E-state index contributed by atoms with van der Waals surface area (Å²) in [7, 11) is 0. The van der Waals surface area contributed by atoms with Crippen LogP contribution < -0.4 is 0 Å². The number of rotatable bonds is 5. The minimum atomic E-state index is -0.349. The highest BCUT2D eigenvalue weighted by atomic mass is 16.5. The molecule has 2 atom stereocenters. The first-order chi connectivity index (χ1) is 11.1. The van der Waals surface area contributed by atoms with Gasteiger partial charge in [-0.15, -0.1) is 0 Å². The second-order valence-corrected chi connectivity index (χ2v) is 6.82. The molecule has 0 radical (unpaired) electrons. The molecule has 2 aliphatic carbocycles. The van der Waals surface area contributed by atoms with Gasteiger partial charge in [-0.2, -0.15) is 0 Å². The normalized spacial score (nSPS) is 24.9. The molecule has 124 valence electrons. The van der Waals surface area contributed by atoms with Gasteiger partial charge in [-0.05, 0) is 43.6 Å². The minimum Gasteiger partial charge on any atom is -0.466 e. The van der Waals surface area contributed by atoms with E-state index in [9.17, 15) is 9.59 Å². The SMILES string of the molecule is CCOC(=O)C1CC2(CCC2)CC1C(=O)OCc1ccccc1. The van der Waals surface area contributed by atoms with E-state index in [-0.39, 0.29) is 35.8 Å². The maximum absolute atomic E-state index is 12.5. The Morgan fingerprint density at radius 2 is 1.65 bits per heavy atom. The molecule has 0 aromatic heterocycles. The lowest BCUT2D eigenvalue weighted by Crippen LogP contribution is -2.28. The van der Waals surface area contributed by atoms with Crippen molar-refractivity contribution in [1.82, 2.24) is 0 Å². The molecule has 2 saturated carbocycles. The van der Waals surface area contributed by atoms with Crippen LogP contribution in [0.25, 0.3) is 0 Å². The van der Waals surface area contributed by atoms with Gasteiger partial charge < -0.3 is 9.47 Å². The molecule has 2 fully saturated rings. The van der Waals surface area contributed by atoms with E-state index in [4.69, 9.17) is 9.47 Å². The highest BCUT2D eigenvalue weighted by Crippen LogP contribution is 2.57. The smallest absolute Gasteiger partial charge is 0.310 e. The topological polar surface area (TPSA) is 52.6 Å². The van der Waals surface area contributed by atoms with E-state index in [1.165, 1.54) is 6.42 Å². The van der Waals surface area contributed by atoms with Crippen molar-refractivity contribution in [3.63, 3.8) is 0 Å². The predicted octanol–water partition coefficient (Wildman–Crippen LogP) is 3.49. The Kier molecular flexibility index (Phi) is 4.69. The highest BCUT2D eigenvalue weighted by Gasteiger charge is 2.54. The molecule has 0 aliphatic heterocycles.